The van der Waals surface area contributed by atoms with Crippen molar-refractivity contribution >= 4 is 17.9 Å². The Morgan fingerprint density at radius 2 is 1.26 bits per heavy atom. The molecular formula is C39H67NO7. The quantitative estimate of drug-likeness (QED) is 0.0248. The molecule has 0 aromatic heterocycles. The summed E-state index contributed by atoms with van der Waals surface area (Å²) in [5.74, 6) is -1.83. The lowest BCUT2D eigenvalue weighted by Gasteiger charge is -2.34. The van der Waals surface area contributed by atoms with Crippen molar-refractivity contribution in [3.63, 3.8) is 0 Å². The van der Waals surface area contributed by atoms with Gasteiger partial charge < -0.3 is 28.6 Å². The zero-order valence-electron chi connectivity index (χ0n) is 30.4. The SMILES string of the molecule is CC/C=C/C=C/C=C/CCCCCCCCCC(=O)OC(COCCC(C(=O)[O-])[N+](C)(C)C)COC(=O)CC/C=C/CCCCCC. The Bertz CT molecular complexity index is 917. The molecule has 8 nitrogen and oxygen atoms in total. The summed E-state index contributed by atoms with van der Waals surface area (Å²) in [7, 11) is 5.37. The molecule has 0 saturated heterocycles. The second kappa shape index (κ2) is 30.6. The highest BCUT2D eigenvalue weighted by molar-refractivity contribution is 5.70. The van der Waals surface area contributed by atoms with E-state index in [1.165, 1.54) is 38.5 Å². The van der Waals surface area contributed by atoms with Crippen molar-refractivity contribution in [1.82, 2.24) is 0 Å². The van der Waals surface area contributed by atoms with Crippen LogP contribution < -0.4 is 5.11 Å². The molecule has 0 spiro atoms. The van der Waals surface area contributed by atoms with Gasteiger partial charge >= 0.3 is 11.9 Å². The number of nitrogens with zero attached hydrogens (tertiary/aromatic N) is 1. The average molecular weight is 662 g/mol. The summed E-state index contributed by atoms with van der Waals surface area (Å²) in [6.07, 6.45) is 33.0. The van der Waals surface area contributed by atoms with E-state index in [2.05, 4.69) is 56.4 Å². The number of hydrogen-bond donors (Lipinski definition) is 0. The highest BCUT2D eigenvalue weighted by atomic mass is 16.6. The lowest BCUT2D eigenvalue weighted by atomic mass is 10.1. The number of ether oxygens (including phenoxy) is 3. The lowest BCUT2D eigenvalue weighted by molar-refractivity contribution is -0.889. The van der Waals surface area contributed by atoms with Crippen molar-refractivity contribution in [1.29, 1.82) is 0 Å². The number of unbranched alkanes of at least 4 members (excludes halogenated alkanes) is 11. The molecule has 8 heteroatoms. The molecule has 0 aliphatic heterocycles. The van der Waals surface area contributed by atoms with Crippen LogP contribution in [0.1, 0.15) is 129 Å². The van der Waals surface area contributed by atoms with E-state index in [9.17, 15) is 19.5 Å². The van der Waals surface area contributed by atoms with E-state index in [0.717, 1.165) is 51.4 Å². The first-order valence-corrected chi connectivity index (χ1v) is 18.2. The van der Waals surface area contributed by atoms with Gasteiger partial charge in [-0.05, 0) is 44.9 Å². The third kappa shape index (κ3) is 29.2. The predicted molar refractivity (Wildman–Crippen MR) is 189 cm³/mol. The summed E-state index contributed by atoms with van der Waals surface area (Å²) in [6, 6.07) is -0.731. The molecule has 0 radical (unpaired) electrons. The average Bonchev–Trinajstić information content (AvgIpc) is 3.01. The molecule has 0 fully saturated rings. The molecule has 0 bridgehead atoms. The minimum atomic E-state index is -1.13. The number of carbonyl (C=O) groups excluding carboxylic acids is 3. The largest absolute Gasteiger partial charge is 0.544 e. The van der Waals surface area contributed by atoms with Crippen LogP contribution in [-0.2, 0) is 28.6 Å². The van der Waals surface area contributed by atoms with Gasteiger partial charge in [0.25, 0.3) is 0 Å². The molecule has 0 saturated carbocycles. The third-order valence-corrected chi connectivity index (χ3v) is 7.77. The standard InChI is InChI=1S/C39H67NO7/c1-6-8-10-12-14-16-17-18-19-20-21-22-24-26-28-30-38(42)47-35(33-45-32-31-36(39(43)44)40(3,4)5)34-46-37(41)29-27-25-23-15-13-11-9-7-2/h8,10,12,14,16-17,23,25,35-36H,6-7,9,11,13,15,18-22,24,26-34H2,1-5H3/b10-8+,14-12+,17-16+,25-23+. The maximum absolute atomic E-state index is 12.6. The summed E-state index contributed by atoms with van der Waals surface area (Å²) in [6.45, 7) is 4.40. The van der Waals surface area contributed by atoms with E-state index < -0.39 is 18.1 Å². The molecule has 0 N–H and O–H groups in total. The number of aliphatic carboxylic acids is 1. The van der Waals surface area contributed by atoms with Crippen molar-refractivity contribution in [2.45, 2.75) is 142 Å². The van der Waals surface area contributed by atoms with Crippen LogP contribution in [0.5, 0.6) is 0 Å². The van der Waals surface area contributed by atoms with Crippen LogP contribution >= 0.6 is 0 Å². The molecule has 2 atom stereocenters. The van der Waals surface area contributed by atoms with Crippen LogP contribution in [0.25, 0.3) is 0 Å². The van der Waals surface area contributed by atoms with Crippen molar-refractivity contribution in [3.05, 3.63) is 48.6 Å². The maximum atomic E-state index is 12.6. The van der Waals surface area contributed by atoms with Crippen molar-refractivity contribution in [2.75, 3.05) is 41.0 Å². The van der Waals surface area contributed by atoms with E-state index >= 15 is 0 Å². The van der Waals surface area contributed by atoms with Crippen LogP contribution in [0.3, 0.4) is 0 Å². The summed E-state index contributed by atoms with van der Waals surface area (Å²) in [5.41, 5.74) is 0. The number of quaternary nitrogens is 1. The van der Waals surface area contributed by atoms with Crippen molar-refractivity contribution in [2.24, 2.45) is 0 Å². The summed E-state index contributed by atoms with van der Waals surface area (Å²) < 4.78 is 17.0. The molecular weight excluding hydrogens is 594 g/mol. The molecule has 0 heterocycles. The van der Waals surface area contributed by atoms with Gasteiger partial charge in [-0.2, -0.15) is 0 Å². The number of hydrogen-bond acceptors (Lipinski definition) is 7. The number of rotatable bonds is 31. The first-order valence-electron chi connectivity index (χ1n) is 18.2. The van der Waals surface area contributed by atoms with Crippen LogP contribution in [0.15, 0.2) is 48.6 Å². The van der Waals surface area contributed by atoms with Gasteiger partial charge in [0.05, 0.1) is 40.3 Å². The second-order valence-corrected chi connectivity index (χ2v) is 13.1. The maximum Gasteiger partial charge on any atom is 0.306 e. The highest BCUT2D eigenvalue weighted by Crippen LogP contribution is 2.12. The molecule has 0 amide bonds. The minimum Gasteiger partial charge on any atom is -0.544 e. The van der Waals surface area contributed by atoms with Gasteiger partial charge in [-0.25, -0.2) is 0 Å². The van der Waals surface area contributed by atoms with Gasteiger partial charge in [0.1, 0.15) is 12.6 Å². The summed E-state index contributed by atoms with van der Waals surface area (Å²) >= 11 is 0. The first kappa shape index (κ1) is 44.3. The lowest BCUT2D eigenvalue weighted by Crippen LogP contribution is -2.55. The Balaban J connectivity index is 4.47. The predicted octanol–water partition coefficient (Wildman–Crippen LogP) is 7.57. The Morgan fingerprint density at radius 3 is 1.89 bits per heavy atom. The monoisotopic (exact) mass is 661 g/mol. The minimum absolute atomic E-state index is 0.0228. The Morgan fingerprint density at radius 1 is 0.660 bits per heavy atom. The first-order chi connectivity index (χ1) is 22.6. The number of carboxylic acids is 1. The van der Waals surface area contributed by atoms with E-state index in [-0.39, 0.29) is 49.1 Å². The van der Waals surface area contributed by atoms with Gasteiger partial charge in [0.2, 0.25) is 0 Å². The summed E-state index contributed by atoms with van der Waals surface area (Å²) in [4.78, 5) is 36.5. The van der Waals surface area contributed by atoms with Crippen LogP contribution in [-0.4, -0.2) is 75.5 Å². The molecule has 0 aromatic carbocycles. The van der Waals surface area contributed by atoms with Crippen LogP contribution in [0, 0.1) is 0 Å². The van der Waals surface area contributed by atoms with Gasteiger partial charge in [-0.15, -0.1) is 0 Å². The molecule has 47 heavy (non-hydrogen) atoms. The molecule has 270 valence electrons. The number of carbonyl (C=O) groups is 3. The van der Waals surface area contributed by atoms with E-state index in [4.69, 9.17) is 14.2 Å². The van der Waals surface area contributed by atoms with Crippen molar-refractivity contribution in [3.8, 4) is 0 Å². The number of likely N-dealkylation sites (N-methyl/N-ethyl adjacent to an activating group) is 1. The molecule has 0 rings (SSSR count). The smallest absolute Gasteiger partial charge is 0.306 e. The molecule has 2 unspecified atom stereocenters. The van der Waals surface area contributed by atoms with Crippen molar-refractivity contribution < 1.29 is 38.2 Å². The van der Waals surface area contributed by atoms with Gasteiger partial charge in [0.15, 0.2) is 6.10 Å². The Hall–Kier alpha value is -2.71. The normalized spacial score (nSPS) is 13.6. The second-order valence-electron chi connectivity index (χ2n) is 13.1. The van der Waals surface area contributed by atoms with Gasteiger partial charge in [-0.1, -0.05) is 114 Å². The third-order valence-electron chi connectivity index (χ3n) is 7.77. The highest BCUT2D eigenvalue weighted by Gasteiger charge is 2.25. The van der Waals surface area contributed by atoms with Crippen LogP contribution in [0.4, 0.5) is 0 Å². The van der Waals surface area contributed by atoms with E-state index in [1.807, 2.05) is 6.08 Å². The molecule has 0 aromatic rings. The van der Waals surface area contributed by atoms with Crippen LogP contribution in [0.2, 0.25) is 0 Å². The molecule has 0 aliphatic carbocycles. The number of esters is 2. The van der Waals surface area contributed by atoms with E-state index in [0.29, 0.717) is 12.8 Å². The Labute approximate surface area is 286 Å². The fourth-order valence-electron chi connectivity index (χ4n) is 4.91. The fourth-order valence-corrected chi connectivity index (χ4v) is 4.91. The Kier molecular flexibility index (Phi) is 28.8. The summed E-state index contributed by atoms with van der Waals surface area (Å²) in [5, 5.41) is 11.5. The fraction of sp³-hybridized carbons (Fsp3) is 0.718. The topological polar surface area (TPSA) is 102 Å². The number of carboxylic acid groups (broad SMARTS) is 1. The number of allylic oxidation sites excluding steroid dienone is 8. The zero-order valence-corrected chi connectivity index (χ0v) is 30.4. The van der Waals surface area contributed by atoms with E-state index in [1.54, 1.807) is 21.1 Å². The molecule has 0 aliphatic rings. The zero-order chi connectivity index (χ0) is 35.0. The van der Waals surface area contributed by atoms with Gasteiger partial charge in [-0.3, -0.25) is 9.59 Å². The van der Waals surface area contributed by atoms with Gasteiger partial charge in [0, 0.05) is 19.3 Å².